The Kier molecular flexibility index (Phi) is 8.40. The highest BCUT2D eigenvalue weighted by molar-refractivity contribution is 7.26. The van der Waals surface area contributed by atoms with Gasteiger partial charge in [-0.3, -0.25) is 0 Å². The van der Waals surface area contributed by atoms with Gasteiger partial charge in [-0.25, -0.2) is 9.97 Å². The quantitative estimate of drug-likeness (QED) is 0.164. The van der Waals surface area contributed by atoms with Crippen LogP contribution in [0, 0.1) is 0 Å². The first-order valence-electron chi connectivity index (χ1n) is 18.6. The van der Waals surface area contributed by atoms with E-state index in [2.05, 4.69) is 206 Å². The molecule has 0 radical (unpaired) electrons. The zero-order valence-corrected chi connectivity index (χ0v) is 30.7. The largest absolute Gasteiger partial charge is 0.226 e. The number of hydrogen-bond donors (Lipinski definition) is 0. The van der Waals surface area contributed by atoms with E-state index < -0.39 is 0 Å². The fourth-order valence-electron chi connectivity index (χ4n) is 7.45. The Morgan fingerprint density at radius 2 is 0.673 bits per heavy atom. The van der Waals surface area contributed by atoms with Crippen LogP contribution in [0.4, 0.5) is 0 Å². The number of rotatable bonds is 7. The van der Waals surface area contributed by atoms with Gasteiger partial charge in [-0.15, -0.1) is 11.3 Å². The summed E-state index contributed by atoms with van der Waals surface area (Å²) in [4.78, 5) is 10.6. The molecule has 0 aliphatic heterocycles. The van der Waals surface area contributed by atoms with Gasteiger partial charge in [0.2, 0.25) is 0 Å². The molecule has 0 bridgehead atoms. The second kappa shape index (κ2) is 14.1. The molecule has 0 saturated heterocycles. The van der Waals surface area contributed by atoms with Gasteiger partial charge in [0.1, 0.15) is 0 Å². The first kappa shape index (κ1) is 32.7. The molecule has 8 aromatic carbocycles. The molecule has 0 atom stereocenters. The van der Waals surface area contributed by atoms with Gasteiger partial charge in [-0.2, -0.15) is 0 Å². The molecule has 0 unspecified atom stereocenters. The number of aromatic nitrogens is 2. The Hall–Kier alpha value is -6.94. The zero-order chi connectivity index (χ0) is 36.6. The van der Waals surface area contributed by atoms with Crippen LogP contribution in [0.15, 0.2) is 206 Å². The van der Waals surface area contributed by atoms with Crippen molar-refractivity contribution in [2.75, 3.05) is 0 Å². The van der Waals surface area contributed by atoms with Gasteiger partial charge in [0.05, 0.1) is 15.9 Å². The van der Waals surface area contributed by atoms with Gasteiger partial charge in [0.25, 0.3) is 0 Å². The van der Waals surface area contributed by atoms with E-state index in [0.29, 0.717) is 0 Å². The van der Waals surface area contributed by atoms with E-state index in [1.165, 1.54) is 43.6 Å². The molecule has 2 nitrogen and oxygen atoms in total. The third-order valence-electron chi connectivity index (χ3n) is 10.3. The second-order valence-electron chi connectivity index (χ2n) is 13.8. The topological polar surface area (TPSA) is 25.8 Å². The Bertz CT molecular complexity index is 2950. The molecular weight excluding hydrogens is 685 g/mol. The number of nitrogens with zero attached hydrogens (tertiary/aromatic N) is 2. The van der Waals surface area contributed by atoms with Crippen LogP contribution in [0.3, 0.4) is 0 Å². The van der Waals surface area contributed by atoms with Crippen molar-refractivity contribution < 1.29 is 0 Å². The van der Waals surface area contributed by atoms with E-state index in [1.54, 1.807) is 11.3 Å². The molecule has 2 aromatic heterocycles. The van der Waals surface area contributed by atoms with E-state index in [1.807, 2.05) is 0 Å². The molecule has 10 aromatic rings. The average molecular weight is 719 g/mol. The van der Waals surface area contributed by atoms with Crippen molar-refractivity contribution in [3.05, 3.63) is 206 Å². The molecule has 0 fully saturated rings. The predicted octanol–water partition coefficient (Wildman–Crippen LogP) is 14.5. The number of fused-ring (bicyclic) bond motifs is 3. The summed E-state index contributed by atoms with van der Waals surface area (Å²) in [7, 11) is 0. The third kappa shape index (κ3) is 6.41. The summed E-state index contributed by atoms with van der Waals surface area (Å²) >= 11 is 1.76. The van der Waals surface area contributed by atoms with Gasteiger partial charge in [0, 0.05) is 21.2 Å². The standard InChI is InChI=1S/C52H34N2S/c1-3-12-35(13-4-1)37-24-28-39(29-25-37)41-16-9-18-43(32-41)44-19-11-21-46(34-44)52-53-49(51-50(54-52)47-22-7-8-23-48(47)55-51)45-20-10-17-42(33-45)40-30-26-38(27-31-40)36-14-5-2-6-15-36/h1-34H. The van der Waals surface area contributed by atoms with Crippen LogP contribution in [-0.2, 0) is 0 Å². The highest BCUT2D eigenvalue weighted by Gasteiger charge is 2.17. The lowest BCUT2D eigenvalue weighted by Gasteiger charge is -2.11. The van der Waals surface area contributed by atoms with Crippen LogP contribution in [0.25, 0.3) is 98.6 Å². The lowest BCUT2D eigenvalue weighted by Crippen LogP contribution is -1.94. The van der Waals surface area contributed by atoms with Crippen molar-refractivity contribution in [1.82, 2.24) is 9.97 Å². The smallest absolute Gasteiger partial charge is 0.160 e. The Morgan fingerprint density at radius 3 is 1.24 bits per heavy atom. The minimum absolute atomic E-state index is 0.721. The molecular formula is C52H34N2S. The summed E-state index contributed by atoms with van der Waals surface area (Å²) in [6, 6.07) is 73.4. The number of benzene rings is 8. The normalized spacial score (nSPS) is 11.3. The molecule has 258 valence electrons. The molecule has 0 spiro atoms. The number of hydrogen-bond acceptors (Lipinski definition) is 3. The monoisotopic (exact) mass is 718 g/mol. The van der Waals surface area contributed by atoms with E-state index in [9.17, 15) is 0 Å². The maximum atomic E-state index is 5.36. The summed E-state index contributed by atoms with van der Waals surface area (Å²) in [6.45, 7) is 0. The fourth-order valence-corrected chi connectivity index (χ4v) is 8.60. The summed E-state index contributed by atoms with van der Waals surface area (Å²) in [5.41, 5.74) is 15.8. The van der Waals surface area contributed by atoms with Crippen LogP contribution >= 0.6 is 11.3 Å². The SMILES string of the molecule is c1ccc(-c2ccc(-c3cccc(-c4cccc(-c5nc(-c6cccc(-c7ccc(-c8ccccc8)cc7)c6)c6sc7ccccc7c6n5)c4)c3)cc2)cc1. The molecule has 10 rings (SSSR count). The summed E-state index contributed by atoms with van der Waals surface area (Å²) in [5, 5.41) is 1.15. The summed E-state index contributed by atoms with van der Waals surface area (Å²) in [5.74, 6) is 0.721. The van der Waals surface area contributed by atoms with Gasteiger partial charge in [-0.1, -0.05) is 182 Å². The van der Waals surface area contributed by atoms with Crippen LogP contribution < -0.4 is 0 Å². The highest BCUT2D eigenvalue weighted by atomic mass is 32.1. The molecule has 2 heterocycles. The van der Waals surface area contributed by atoms with E-state index in [-0.39, 0.29) is 0 Å². The molecule has 3 heteroatoms. The van der Waals surface area contributed by atoms with Crippen molar-refractivity contribution in [3.63, 3.8) is 0 Å². The van der Waals surface area contributed by atoms with Crippen molar-refractivity contribution in [2.24, 2.45) is 0 Å². The zero-order valence-electron chi connectivity index (χ0n) is 29.9. The van der Waals surface area contributed by atoms with Gasteiger partial charge in [-0.05, 0) is 79.9 Å². The molecule has 0 saturated carbocycles. The Morgan fingerprint density at radius 1 is 0.291 bits per heavy atom. The molecule has 0 aliphatic rings. The van der Waals surface area contributed by atoms with Crippen molar-refractivity contribution in [3.8, 4) is 78.3 Å². The van der Waals surface area contributed by atoms with Crippen molar-refractivity contribution in [2.45, 2.75) is 0 Å². The number of thiophene rings is 1. The van der Waals surface area contributed by atoms with Crippen LogP contribution in [0.1, 0.15) is 0 Å². The van der Waals surface area contributed by atoms with Crippen LogP contribution in [0.2, 0.25) is 0 Å². The van der Waals surface area contributed by atoms with E-state index in [4.69, 9.17) is 9.97 Å². The van der Waals surface area contributed by atoms with Crippen LogP contribution in [0.5, 0.6) is 0 Å². The lowest BCUT2D eigenvalue weighted by molar-refractivity contribution is 1.24. The van der Waals surface area contributed by atoms with Gasteiger partial charge in [0.15, 0.2) is 5.82 Å². The van der Waals surface area contributed by atoms with Crippen molar-refractivity contribution >= 4 is 31.6 Å². The first-order valence-corrected chi connectivity index (χ1v) is 19.4. The molecule has 0 N–H and O–H groups in total. The minimum Gasteiger partial charge on any atom is -0.226 e. The maximum Gasteiger partial charge on any atom is 0.160 e. The van der Waals surface area contributed by atoms with Gasteiger partial charge < -0.3 is 0 Å². The van der Waals surface area contributed by atoms with Gasteiger partial charge >= 0.3 is 0 Å². The average Bonchev–Trinajstić information content (AvgIpc) is 3.66. The third-order valence-corrected chi connectivity index (χ3v) is 11.5. The lowest BCUT2D eigenvalue weighted by atomic mass is 9.96. The van der Waals surface area contributed by atoms with Crippen molar-refractivity contribution in [1.29, 1.82) is 0 Å². The van der Waals surface area contributed by atoms with Crippen LogP contribution in [-0.4, -0.2) is 9.97 Å². The Balaban J connectivity index is 1.03. The molecule has 55 heavy (non-hydrogen) atoms. The summed E-state index contributed by atoms with van der Waals surface area (Å²) < 4.78 is 2.31. The maximum absolute atomic E-state index is 5.36. The second-order valence-corrected chi connectivity index (χ2v) is 14.9. The highest BCUT2D eigenvalue weighted by Crippen LogP contribution is 2.41. The fraction of sp³-hybridized carbons (Fsp3) is 0. The first-order chi connectivity index (χ1) is 27.2. The van der Waals surface area contributed by atoms with E-state index >= 15 is 0 Å². The predicted molar refractivity (Wildman–Crippen MR) is 233 cm³/mol. The molecule has 0 aliphatic carbocycles. The summed E-state index contributed by atoms with van der Waals surface area (Å²) in [6.07, 6.45) is 0. The molecule has 0 amide bonds. The van der Waals surface area contributed by atoms with E-state index in [0.717, 1.165) is 54.9 Å². The Labute approximate surface area is 324 Å². The minimum atomic E-state index is 0.721.